The largest absolute Gasteiger partial charge is 0.511 e. The number of allylic oxidation sites excluding steroid dienone is 1. The van der Waals surface area contributed by atoms with Gasteiger partial charge in [0.1, 0.15) is 12.4 Å². The number of carbonyl (C=O) groups excluding carboxylic acids is 2. The second-order valence-corrected chi connectivity index (χ2v) is 8.47. The van der Waals surface area contributed by atoms with Gasteiger partial charge in [-0.05, 0) is 34.9 Å². The van der Waals surface area contributed by atoms with Gasteiger partial charge in [-0.25, -0.2) is 9.59 Å². The fraction of sp³-hybridized carbons (Fsp3) is 0.217. The highest BCUT2D eigenvalue weighted by atomic mass is 35.5. The van der Waals surface area contributed by atoms with E-state index in [1.165, 1.54) is 7.11 Å². The maximum Gasteiger partial charge on any atom is 0.338 e. The zero-order chi connectivity index (χ0) is 21.3. The summed E-state index contributed by atoms with van der Waals surface area (Å²) >= 11 is 7.66. The van der Waals surface area contributed by atoms with E-state index in [0.717, 1.165) is 16.0 Å². The van der Waals surface area contributed by atoms with Crippen LogP contribution in [0.5, 0.6) is 0 Å². The van der Waals surface area contributed by atoms with Gasteiger partial charge in [0.25, 0.3) is 0 Å². The van der Waals surface area contributed by atoms with Crippen LogP contribution in [-0.2, 0) is 24.8 Å². The van der Waals surface area contributed by atoms with Crippen LogP contribution in [0.1, 0.15) is 23.5 Å². The highest BCUT2D eigenvalue weighted by Crippen LogP contribution is 2.47. The molecule has 30 heavy (non-hydrogen) atoms. The molecule has 1 aliphatic heterocycles. The molecule has 1 N–H and O–H groups in total. The van der Waals surface area contributed by atoms with E-state index in [-0.39, 0.29) is 24.4 Å². The van der Waals surface area contributed by atoms with Crippen molar-refractivity contribution in [3.05, 3.63) is 87.2 Å². The van der Waals surface area contributed by atoms with Crippen LogP contribution in [0, 0.1) is 0 Å². The Labute approximate surface area is 183 Å². The number of hydrogen-bond acceptors (Lipinski definition) is 6. The lowest BCUT2D eigenvalue weighted by Crippen LogP contribution is -2.24. The molecule has 2 aromatic rings. The molecule has 1 aliphatic carbocycles. The number of carbonyl (C=O) groups is 2. The van der Waals surface area contributed by atoms with Crippen molar-refractivity contribution in [3.63, 3.8) is 0 Å². The van der Waals surface area contributed by atoms with Crippen molar-refractivity contribution in [3.8, 4) is 0 Å². The maximum absolute atomic E-state index is 12.5. The summed E-state index contributed by atoms with van der Waals surface area (Å²) in [4.78, 5) is 26.0. The molecule has 2 aromatic carbocycles. The molecule has 1 unspecified atom stereocenters. The highest BCUT2D eigenvalue weighted by Gasteiger charge is 2.43. The van der Waals surface area contributed by atoms with Crippen LogP contribution < -0.4 is 0 Å². The first-order valence-electron chi connectivity index (χ1n) is 9.35. The Hall–Kier alpha value is -2.70. The molecule has 4 rings (SSSR count). The van der Waals surface area contributed by atoms with Crippen molar-refractivity contribution in [2.45, 2.75) is 23.0 Å². The topological polar surface area (TPSA) is 72.8 Å². The summed E-state index contributed by atoms with van der Waals surface area (Å²) in [5, 5.41) is 11.3. The van der Waals surface area contributed by atoms with E-state index >= 15 is 0 Å². The van der Waals surface area contributed by atoms with Gasteiger partial charge in [-0.3, -0.25) is 0 Å². The predicted octanol–water partition coefficient (Wildman–Crippen LogP) is 4.96. The first kappa shape index (κ1) is 20.6. The molecule has 0 bridgehead atoms. The first-order valence-corrected chi connectivity index (χ1v) is 10.7. The Balaban J connectivity index is 1.76. The number of cyclic esters (lactones) is 1. The molecule has 0 amide bonds. The molecule has 0 spiro atoms. The minimum atomic E-state index is -0.737. The third kappa shape index (κ3) is 3.85. The molecule has 2 aliphatic rings. The zero-order valence-corrected chi connectivity index (χ0v) is 17.8. The molecule has 0 saturated heterocycles. The normalized spacial score (nSPS) is 18.3. The SMILES string of the molecule is COC(=O)C1=C(O)CC2=C(C(=O)OC2)C1c1ccccc1SCc1cccc(Cl)c1. The molecule has 0 saturated carbocycles. The van der Waals surface area contributed by atoms with Crippen molar-refractivity contribution in [1.82, 2.24) is 0 Å². The van der Waals surface area contributed by atoms with Crippen molar-refractivity contribution >= 4 is 35.3 Å². The van der Waals surface area contributed by atoms with Gasteiger partial charge in [-0.1, -0.05) is 41.9 Å². The van der Waals surface area contributed by atoms with Crippen molar-refractivity contribution < 1.29 is 24.2 Å². The summed E-state index contributed by atoms with van der Waals surface area (Å²) in [6.45, 7) is 0.126. The summed E-state index contributed by atoms with van der Waals surface area (Å²) in [5.74, 6) is -1.28. The van der Waals surface area contributed by atoms with Crippen molar-refractivity contribution in [2.24, 2.45) is 0 Å². The summed E-state index contributed by atoms with van der Waals surface area (Å²) in [7, 11) is 1.26. The summed E-state index contributed by atoms with van der Waals surface area (Å²) in [6, 6.07) is 15.2. The third-order valence-corrected chi connectivity index (χ3v) is 6.56. The van der Waals surface area contributed by atoms with E-state index in [2.05, 4.69) is 0 Å². The van der Waals surface area contributed by atoms with Crippen LogP contribution in [0.4, 0.5) is 0 Å². The summed E-state index contributed by atoms with van der Waals surface area (Å²) < 4.78 is 10.1. The smallest absolute Gasteiger partial charge is 0.338 e. The molecular formula is C23H19ClO5S. The first-order chi connectivity index (χ1) is 14.5. The van der Waals surface area contributed by atoms with Crippen LogP contribution in [0.2, 0.25) is 5.02 Å². The monoisotopic (exact) mass is 442 g/mol. The van der Waals surface area contributed by atoms with E-state index in [9.17, 15) is 14.7 Å². The number of ether oxygens (including phenoxy) is 2. The number of benzene rings is 2. The van der Waals surface area contributed by atoms with Gasteiger partial charge in [-0.2, -0.15) is 0 Å². The van der Waals surface area contributed by atoms with Gasteiger partial charge >= 0.3 is 11.9 Å². The van der Waals surface area contributed by atoms with Crippen LogP contribution >= 0.6 is 23.4 Å². The Kier molecular flexibility index (Phi) is 5.88. The molecule has 1 atom stereocenters. The quantitative estimate of drug-likeness (QED) is 0.521. The van der Waals surface area contributed by atoms with Gasteiger partial charge in [0.05, 0.1) is 24.2 Å². The Morgan fingerprint density at radius 1 is 1.27 bits per heavy atom. The van der Waals surface area contributed by atoms with E-state index < -0.39 is 17.9 Å². The van der Waals surface area contributed by atoms with Gasteiger partial charge in [0, 0.05) is 22.1 Å². The number of aliphatic hydroxyl groups excluding tert-OH is 1. The molecule has 5 nitrogen and oxygen atoms in total. The number of esters is 2. The van der Waals surface area contributed by atoms with Gasteiger partial charge < -0.3 is 14.6 Å². The predicted molar refractivity (Wildman–Crippen MR) is 114 cm³/mol. The lowest BCUT2D eigenvalue weighted by Gasteiger charge is -2.26. The minimum Gasteiger partial charge on any atom is -0.511 e. The molecule has 0 radical (unpaired) electrons. The highest BCUT2D eigenvalue weighted by molar-refractivity contribution is 7.98. The fourth-order valence-corrected chi connectivity index (χ4v) is 5.07. The number of halogens is 1. The van der Waals surface area contributed by atoms with Crippen LogP contribution in [0.3, 0.4) is 0 Å². The average Bonchev–Trinajstić information content (AvgIpc) is 3.11. The van der Waals surface area contributed by atoms with Crippen molar-refractivity contribution in [2.75, 3.05) is 13.7 Å². The number of thioether (sulfide) groups is 1. The Morgan fingerprint density at radius 3 is 2.83 bits per heavy atom. The molecule has 7 heteroatoms. The standard InChI is InChI=1S/C23H19ClO5S/c1-28-22(26)21-17(25)10-14-11-29-23(27)19(14)20(21)16-7-2-3-8-18(16)30-12-13-5-4-6-15(24)9-13/h2-9,20,25H,10-12H2,1H3. The molecule has 0 fully saturated rings. The van der Waals surface area contributed by atoms with E-state index in [0.29, 0.717) is 21.9 Å². The minimum absolute atomic E-state index is 0.0847. The number of hydrogen-bond donors (Lipinski definition) is 1. The molecular weight excluding hydrogens is 424 g/mol. The number of aliphatic hydroxyl groups is 1. The van der Waals surface area contributed by atoms with Crippen molar-refractivity contribution in [1.29, 1.82) is 0 Å². The van der Waals surface area contributed by atoms with Gasteiger partial charge in [0.2, 0.25) is 0 Å². The molecule has 1 heterocycles. The van der Waals surface area contributed by atoms with Gasteiger partial charge in [0.15, 0.2) is 0 Å². The maximum atomic E-state index is 12.5. The summed E-state index contributed by atoms with van der Waals surface area (Å²) in [5.41, 5.74) is 3.01. The average molecular weight is 443 g/mol. The molecule has 0 aromatic heterocycles. The lowest BCUT2D eigenvalue weighted by molar-refractivity contribution is -0.136. The van der Waals surface area contributed by atoms with Crippen LogP contribution in [-0.4, -0.2) is 30.8 Å². The Morgan fingerprint density at radius 2 is 2.07 bits per heavy atom. The second kappa shape index (κ2) is 8.58. The van der Waals surface area contributed by atoms with Crippen LogP contribution in [0.15, 0.2) is 75.9 Å². The number of methoxy groups -OCH3 is 1. The lowest BCUT2D eigenvalue weighted by atomic mass is 9.77. The number of rotatable bonds is 5. The Bertz CT molecular complexity index is 1090. The second-order valence-electron chi connectivity index (χ2n) is 7.01. The van der Waals surface area contributed by atoms with E-state index in [1.54, 1.807) is 11.8 Å². The summed E-state index contributed by atoms with van der Waals surface area (Å²) in [6.07, 6.45) is 0.111. The zero-order valence-electron chi connectivity index (χ0n) is 16.2. The van der Waals surface area contributed by atoms with Gasteiger partial charge in [-0.15, -0.1) is 11.8 Å². The van der Waals surface area contributed by atoms with E-state index in [4.69, 9.17) is 21.1 Å². The van der Waals surface area contributed by atoms with Crippen LogP contribution in [0.25, 0.3) is 0 Å². The molecule has 154 valence electrons. The van der Waals surface area contributed by atoms with E-state index in [1.807, 2.05) is 48.5 Å². The third-order valence-electron chi connectivity index (χ3n) is 5.17. The fourth-order valence-electron chi connectivity index (χ4n) is 3.82.